The second-order valence-corrected chi connectivity index (χ2v) is 4.80. The van der Waals surface area contributed by atoms with Gasteiger partial charge in [-0.15, -0.1) is 10.2 Å². The van der Waals surface area contributed by atoms with E-state index in [1.54, 1.807) is 0 Å². The SMILES string of the molecule is CC(C)c1nnc(CN2CCC(N)CC2)o1. The van der Waals surface area contributed by atoms with Gasteiger partial charge in [-0.2, -0.15) is 0 Å². The van der Waals surface area contributed by atoms with Gasteiger partial charge in [-0.05, 0) is 12.8 Å². The summed E-state index contributed by atoms with van der Waals surface area (Å²) >= 11 is 0. The Balaban J connectivity index is 1.88. The van der Waals surface area contributed by atoms with Crippen LogP contribution in [0, 0.1) is 0 Å². The third-order valence-corrected chi connectivity index (χ3v) is 2.97. The van der Waals surface area contributed by atoms with Crippen molar-refractivity contribution in [3.63, 3.8) is 0 Å². The molecule has 0 atom stereocenters. The van der Waals surface area contributed by atoms with Gasteiger partial charge in [0.05, 0.1) is 6.54 Å². The van der Waals surface area contributed by atoms with Crippen molar-refractivity contribution in [2.45, 2.75) is 45.2 Å². The summed E-state index contributed by atoms with van der Waals surface area (Å²) in [6.07, 6.45) is 2.12. The predicted octanol–water partition coefficient (Wildman–Crippen LogP) is 1.12. The van der Waals surface area contributed by atoms with Crippen LogP contribution in [0.5, 0.6) is 0 Å². The van der Waals surface area contributed by atoms with E-state index in [-0.39, 0.29) is 0 Å². The van der Waals surface area contributed by atoms with Gasteiger partial charge in [-0.1, -0.05) is 13.8 Å². The number of nitrogens with zero attached hydrogens (tertiary/aromatic N) is 3. The van der Waals surface area contributed by atoms with E-state index < -0.39 is 0 Å². The highest BCUT2D eigenvalue weighted by Gasteiger charge is 2.18. The Hall–Kier alpha value is -0.940. The van der Waals surface area contributed by atoms with Crippen LogP contribution in [0.2, 0.25) is 0 Å². The molecule has 90 valence electrons. The van der Waals surface area contributed by atoms with Gasteiger partial charge in [-0.3, -0.25) is 4.90 Å². The van der Waals surface area contributed by atoms with Crippen LogP contribution >= 0.6 is 0 Å². The average Bonchev–Trinajstić information content (AvgIpc) is 2.70. The van der Waals surface area contributed by atoms with Crippen molar-refractivity contribution in [2.75, 3.05) is 13.1 Å². The summed E-state index contributed by atoms with van der Waals surface area (Å²) < 4.78 is 5.58. The molecular formula is C11H20N4O. The van der Waals surface area contributed by atoms with Crippen LogP contribution in [0.1, 0.15) is 44.4 Å². The first-order valence-corrected chi connectivity index (χ1v) is 5.95. The van der Waals surface area contributed by atoms with E-state index in [0.717, 1.165) is 44.3 Å². The molecule has 0 unspecified atom stereocenters. The lowest BCUT2D eigenvalue weighted by Gasteiger charge is -2.28. The highest BCUT2D eigenvalue weighted by molar-refractivity contribution is 4.88. The molecule has 0 saturated carbocycles. The highest BCUT2D eigenvalue weighted by atomic mass is 16.4. The zero-order valence-corrected chi connectivity index (χ0v) is 10.0. The Morgan fingerprint density at radius 1 is 1.38 bits per heavy atom. The molecule has 2 rings (SSSR count). The molecule has 16 heavy (non-hydrogen) atoms. The molecule has 1 aliphatic rings. The van der Waals surface area contributed by atoms with E-state index >= 15 is 0 Å². The first-order chi connectivity index (χ1) is 7.65. The second kappa shape index (κ2) is 4.93. The molecule has 5 nitrogen and oxygen atoms in total. The maximum absolute atomic E-state index is 5.86. The Morgan fingerprint density at radius 2 is 2.06 bits per heavy atom. The van der Waals surface area contributed by atoms with Crippen molar-refractivity contribution in [3.05, 3.63) is 11.8 Å². The van der Waals surface area contributed by atoms with Crippen molar-refractivity contribution >= 4 is 0 Å². The Kier molecular flexibility index (Phi) is 3.56. The minimum atomic E-state index is 0.302. The molecule has 1 saturated heterocycles. The van der Waals surface area contributed by atoms with Crippen molar-refractivity contribution in [3.8, 4) is 0 Å². The number of hydrogen-bond donors (Lipinski definition) is 1. The Morgan fingerprint density at radius 3 is 2.62 bits per heavy atom. The zero-order chi connectivity index (χ0) is 11.5. The lowest BCUT2D eigenvalue weighted by atomic mass is 10.1. The first kappa shape index (κ1) is 11.5. The molecule has 2 heterocycles. The van der Waals surface area contributed by atoms with Crippen LogP contribution in [0.4, 0.5) is 0 Å². The fourth-order valence-electron chi connectivity index (χ4n) is 1.87. The largest absolute Gasteiger partial charge is 0.424 e. The first-order valence-electron chi connectivity index (χ1n) is 5.95. The number of nitrogens with two attached hydrogens (primary N) is 1. The number of likely N-dealkylation sites (tertiary alicyclic amines) is 1. The molecule has 5 heteroatoms. The molecule has 0 aliphatic carbocycles. The lowest BCUT2D eigenvalue weighted by Crippen LogP contribution is -2.39. The van der Waals surface area contributed by atoms with Crippen LogP contribution in [-0.2, 0) is 6.54 Å². The average molecular weight is 224 g/mol. The van der Waals surface area contributed by atoms with Crippen LogP contribution in [0.3, 0.4) is 0 Å². The smallest absolute Gasteiger partial charge is 0.230 e. The Labute approximate surface area is 96.0 Å². The molecule has 1 aromatic rings. The number of piperidine rings is 1. The number of aromatic nitrogens is 2. The molecule has 0 amide bonds. The summed E-state index contributed by atoms with van der Waals surface area (Å²) in [6.45, 7) is 6.92. The third-order valence-electron chi connectivity index (χ3n) is 2.97. The Bertz CT molecular complexity index is 328. The summed E-state index contributed by atoms with van der Waals surface area (Å²) in [6, 6.07) is 0.366. The van der Waals surface area contributed by atoms with Crippen LogP contribution in [-0.4, -0.2) is 34.2 Å². The van der Waals surface area contributed by atoms with Gasteiger partial charge in [0.15, 0.2) is 0 Å². The van der Waals surface area contributed by atoms with Gasteiger partial charge in [0, 0.05) is 25.0 Å². The van der Waals surface area contributed by atoms with Gasteiger partial charge in [0.2, 0.25) is 11.8 Å². The quantitative estimate of drug-likeness (QED) is 0.833. The monoisotopic (exact) mass is 224 g/mol. The number of hydrogen-bond acceptors (Lipinski definition) is 5. The van der Waals surface area contributed by atoms with Crippen molar-refractivity contribution < 1.29 is 4.42 Å². The summed E-state index contributed by atoms with van der Waals surface area (Å²) in [7, 11) is 0. The topological polar surface area (TPSA) is 68.2 Å². The van der Waals surface area contributed by atoms with Crippen molar-refractivity contribution in [2.24, 2.45) is 5.73 Å². The minimum absolute atomic E-state index is 0.302. The van der Waals surface area contributed by atoms with E-state index in [4.69, 9.17) is 10.2 Å². The number of rotatable bonds is 3. The van der Waals surface area contributed by atoms with Crippen LogP contribution in [0.25, 0.3) is 0 Å². The van der Waals surface area contributed by atoms with Crippen molar-refractivity contribution in [1.29, 1.82) is 0 Å². The van der Waals surface area contributed by atoms with Gasteiger partial charge in [0.25, 0.3) is 0 Å². The normalized spacial score (nSPS) is 19.5. The summed E-state index contributed by atoms with van der Waals surface area (Å²) in [4.78, 5) is 2.32. The van der Waals surface area contributed by atoms with Gasteiger partial charge in [0.1, 0.15) is 0 Å². The van der Waals surface area contributed by atoms with Crippen LogP contribution < -0.4 is 5.73 Å². The molecular weight excluding hydrogens is 204 g/mol. The van der Waals surface area contributed by atoms with E-state index in [1.165, 1.54) is 0 Å². The molecule has 1 aromatic heterocycles. The van der Waals surface area contributed by atoms with Gasteiger partial charge in [-0.25, -0.2) is 0 Å². The molecule has 0 spiro atoms. The fraction of sp³-hybridized carbons (Fsp3) is 0.818. The molecule has 0 aromatic carbocycles. The van der Waals surface area contributed by atoms with E-state index in [1.807, 2.05) is 0 Å². The van der Waals surface area contributed by atoms with E-state index in [2.05, 4.69) is 28.9 Å². The standard InChI is InChI=1S/C11H20N4O/c1-8(2)11-14-13-10(16-11)7-15-5-3-9(12)4-6-15/h8-9H,3-7,12H2,1-2H3. The lowest BCUT2D eigenvalue weighted by molar-refractivity contribution is 0.187. The predicted molar refractivity (Wildman–Crippen MR) is 60.9 cm³/mol. The van der Waals surface area contributed by atoms with Crippen LogP contribution in [0.15, 0.2) is 4.42 Å². The molecule has 1 aliphatic heterocycles. The van der Waals surface area contributed by atoms with Crippen molar-refractivity contribution in [1.82, 2.24) is 15.1 Å². The maximum Gasteiger partial charge on any atom is 0.230 e. The molecule has 2 N–H and O–H groups in total. The minimum Gasteiger partial charge on any atom is -0.424 e. The van der Waals surface area contributed by atoms with Gasteiger partial charge < -0.3 is 10.2 Å². The summed E-state index contributed by atoms with van der Waals surface area (Å²) in [5, 5.41) is 8.09. The summed E-state index contributed by atoms with van der Waals surface area (Å²) in [5.74, 6) is 1.75. The highest BCUT2D eigenvalue weighted by Crippen LogP contribution is 2.15. The fourth-order valence-corrected chi connectivity index (χ4v) is 1.87. The molecule has 0 radical (unpaired) electrons. The summed E-state index contributed by atoms with van der Waals surface area (Å²) in [5.41, 5.74) is 5.86. The second-order valence-electron chi connectivity index (χ2n) is 4.80. The molecule has 1 fully saturated rings. The zero-order valence-electron chi connectivity index (χ0n) is 10.0. The van der Waals surface area contributed by atoms with E-state index in [9.17, 15) is 0 Å². The maximum atomic E-state index is 5.86. The molecule has 0 bridgehead atoms. The van der Waals surface area contributed by atoms with Gasteiger partial charge >= 0.3 is 0 Å². The third kappa shape index (κ3) is 2.80. The van der Waals surface area contributed by atoms with E-state index in [0.29, 0.717) is 12.0 Å².